The van der Waals surface area contributed by atoms with Gasteiger partial charge in [-0.2, -0.15) is 0 Å². The number of anilines is 1. The monoisotopic (exact) mass is 373 g/mol. The molecule has 2 aromatic rings. The zero-order valence-corrected chi connectivity index (χ0v) is 14.6. The number of carbonyl (C=O) groups is 3. The number of nitrogens with zero attached hydrogens (tertiary/aromatic N) is 2. The SMILES string of the molecule is O=C(CCN1C(=O)[C@H]2CC=CC[C@@H]2C1=O)Nc1nc2ccc(F)cc2s1. The summed E-state index contributed by atoms with van der Waals surface area (Å²) in [6, 6.07) is 4.22. The summed E-state index contributed by atoms with van der Waals surface area (Å²) in [7, 11) is 0. The van der Waals surface area contributed by atoms with Crippen LogP contribution < -0.4 is 5.32 Å². The van der Waals surface area contributed by atoms with Crippen LogP contribution in [0, 0.1) is 17.7 Å². The van der Waals surface area contributed by atoms with E-state index in [4.69, 9.17) is 0 Å². The number of amides is 3. The van der Waals surface area contributed by atoms with Gasteiger partial charge < -0.3 is 5.32 Å². The number of halogens is 1. The zero-order valence-electron chi connectivity index (χ0n) is 13.8. The third-order valence-electron chi connectivity index (χ3n) is 4.76. The van der Waals surface area contributed by atoms with Crippen LogP contribution in [0.3, 0.4) is 0 Å². The van der Waals surface area contributed by atoms with Gasteiger partial charge in [-0.15, -0.1) is 0 Å². The topological polar surface area (TPSA) is 79.4 Å². The second kappa shape index (κ2) is 6.60. The van der Waals surface area contributed by atoms with Crippen LogP contribution >= 0.6 is 11.3 Å². The second-order valence-corrected chi connectivity index (χ2v) is 7.44. The lowest BCUT2D eigenvalue weighted by Gasteiger charge is -2.14. The fraction of sp³-hybridized carbons (Fsp3) is 0.333. The molecule has 1 aliphatic carbocycles. The van der Waals surface area contributed by atoms with E-state index in [2.05, 4.69) is 10.3 Å². The van der Waals surface area contributed by atoms with E-state index in [-0.39, 0.29) is 48.3 Å². The van der Waals surface area contributed by atoms with Crippen LogP contribution in [-0.4, -0.2) is 34.2 Å². The Balaban J connectivity index is 1.37. The lowest BCUT2D eigenvalue weighted by molar-refractivity contribution is -0.140. The molecule has 0 radical (unpaired) electrons. The number of nitrogens with one attached hydrogen (secondary N) is 1. The van der Waals surface area contributed by atoms with Gasteiger partial charge in [0.2, 0.25) is 17.7 Å². The quantitative estimate of drug-likeness (QED) is 0.660. The number of likely N-dealkylation sites (tertiary alicyclic amines) is 1. The highest BCUT2D eigenvalue weighted by atomic mass is 32.1. The molecular weight excluding hydrogens is 357 g/mol. The smallest absolute Gasteiger partial charge is 0.233 e. The molecule has 2 aliphatic rings. The fourth-order valence-electron chi connectivity index (χ4n) is 3.44. The van der Waals surface area contributed by atoms with Gasteiger partial charge in [0.05, 0.1) is 22.1 Å². The van der Waals surface area contributed by atoms with E-state index in [1.807, 2.05) is 12.2 Å². The van der Waals surface area contributed by atoms with Crippen LogP contribution in [0.5, 0.6) is 0 Å². The van der Waals surface area contributed by atoms with Crippen LogP contribution in [-0.2, 0) is 14.4 Å². The molecule has 0 bridgehead atoms. The Labute approximate surface area is 152 Å². The van der Waals surface area contributed by atoms with Gasteiger partial charge in [0.15, 0.2) is 5.13 Å². The minimum absolute atomic E-state index is 0.00857. The van der Waals surface area contributed by atoms with Crippen LogP contribution in [0.1, 0.15) is 19.3 Å². The first-order chi connectivity index (χ1) is 12.5. The molecule has 1 aromatic carbocycles. The minimum atomic E-state index is -0.360. The molecule has 2 atom stereocenters. The highest BCUT2D eigenvalue weighted by Gasteiger charge is 2.46. The highest BCUT2D eigenvalue weighted by molar-refractivity contribution is 7.22. The third kappa shape index (κ3) is 3.01. The predicted octanol–water partition coefficient (Wildman–Crippen LogP) is 2.72. The summed E-state index contributed by atoms with van der Waals surface area (Å²) < 4.78 is 13.9. The van der Waals surface area contributed by atoms with Gasteiger partial charge in [-0.25, -0.2) is 9.37 Å². The van der Waals surface area contributed by atoms with E-state index in [1.165, 1.54) is 28.4 Å². The number of aromatic nitrogens is 1. The summed E-state index contributed by atoms with van der Waals surface area (Å²) in [6.45, 7) is 0.0655. The number of carbonyl (C=O) groups excluding carboxylic acids is 3. The molecule has 0 unspecified atom stereocenters. The van der Waals surface area contributed by atoms with Gasteiger partial charge in [0.25, 0.3) is 0 Å². The number of imide groups is 1. The van der Waals surface area contributed by atoms with Crippen molar-refractivity contribution < 1.29 is 18.8 Å². The largest absolute Gasteiger partial charge is 0.302 e. The molecular formula is C18H16FN3O3S. The Kier molecular flexibility index (Phi) is 4.28. The molecule has 1 fully saturated rings. The minimum Gasteiger partial charge on any atom is -0.302 e. The van der Waals surface area contributed by atoms with Crippen LogP contribution in [0.25, 0.3) is 10.2 Å². The van der Waals surface area contributed by atoms with Crippen molar-refractivity contribution in [1.29, 1.82) is 0 Å². The van der Waals surface area contributed by atoms with Crippen molar-refractivity contribution in [3.63, 3.8) is 0 Å². The van der Waals surface area contributed by atoms with Gasteiger partial charge >= 0.3 is 0 Å². The van der Waals surface area contributed by atoms with E-state index in [1.54, 1.807) is 6.07 Å². The Bertz CT molecular complexity index is 913. The normalized spacial score (nSPS) is 22.1. The number of benzene rings is 1. The van der Waals surface area contributed by atoms with E-state index < -0.39 is 0 Å². The van der Waals surface area contributed by atoms with Gasteiger partial charge in [-0.1, -0.05) is 23.5 Å². The Morgan fingerprint density at radius 3 is 2.62 bits per heavy atom. The van der Waals surface area contributed by atoms with Crippen molar-refractivity contribution in [2.45, 2.75) is 19.3 Å². The maximum absolute atomic E-state index is 13.2. The van der Waals surface area contributed by atoms with Crippen molar-refractivity contribution in [2.75, 3.05) is 11.9 Å². The Morgan fingerprint density at radius 2 is 1.92 bits per heavy atom. The summed E-state index contributed by atoms with van der Waals surface area (Å²) in [5, 5.41) is 3.02. The predicted molar refractivity (Wildman–Crippen MR) is 94.9 cm³/mol. The van der Waals surface area contributed by atoms with Crippen molar-refractivity contribution in [3.05, 3.63) is 36.2 Å². The molecule has 1 N–H and O–H groups in total. The highest BCUT2D eigenvalue weighted by Crippen LogP contribution is 2.35. The molecule has 2 heterocycles. The van der Waals surface area contributed by atoms with Crippen molar-refractivity contribution >= 4 is 44.4 Å². The molecule has 1 aromatic heterocycles. The molecule has 4 rings (SSSR count). The van der Waals surface area contributed by atoms with E-state index >= 15 is 0 Å². The van der Waals surface area contributed by atoms with E-state index in [0.717, 1.165) is 0 Å². The molecule has 26 heavy (non-hydrogen) atoms. The summed E-state index contributed by atoms with van der Waals surface area (Å²) in [6.07, 6.45) is 5.03. The molecule has 6 nitrogen and oxygen atoms in total. The molecule has 0 spiro atoms. The van der Waals surface area contributed by atoms with Crippen molar-refractivity contribution in [1.82, 2.24) is 9.88 Å². The number of fused-ring (bicyclic) bond motifs is 2. The average molecular weight is 373 g/mol. The maximum atomic E-state index is 13.2. The van der Waals surface area contributed by atoms with Crippen LogP contribution in [0.4, 0.5) is 9.52 Å². The lowest BCUT2D eigenvalue weighted by Crippen LogP contribution is -2.34. The van der Waals surface area contributed by atoms with Gasteiger partial charge in [-0.05, 0) is 31.0 Å². The Hall–Kier alpha value is -2.61. The first-order valence-corrected chi connectivity index (χ1v) is 9.21. The van der Waals surface area contributed by atoms with Crippen LogP contribution in [0.2, 0.25) is 0 Å². The number of allylic oxidation sites excluding steroid dienone is 2. The van der Waals surface area contributed by atoms with Crippen LogP contribution in [0.15, 0.2) is 30.4 Å². The van der Waals surface area contributed by atoms with E-state index in [0.29, 0.717) is 28.2 Å². The summed E-state index contributed by atoms with van der Waals surface area (Å²) >= 11 is 1.18. The first-order valence-electron chi connectivity index (χ1n) is 8.39. The summed E-state index contributed by atoms with van der Waals surface area (Å²) in [5.41, 5.74) is 0.605. The molecule has 1 saturated heterocycles. The summed E-state index contributed by atoms with van der Waals surface area (Å²) in [4.78, 5) is 42.3. The molecule has 134 valence electrons. The average Bonchev–Trinajstić information content (AvgIpc) is 3.12. The molecule has 1 aliphatic heterocycles. The molecule has 0 saturated carbocycles. The number of thiazole rings is 1. The van der Waals surface area contributed by atoms with Crippen molar-refractivity contribution in [3.8, 4) is 0 Å². The maximum Gasteiger partial charge on any atom is 0.233 e. The van der Waals surface area contributed by atoms with Crippen molar-refractivity contribution in [2.24, 2.45) is 11.8 Å². The number of hydrogen-bond acceptors (Lipinski definition) is 5. The second-order valence-electron chi connectivity index (χ2n) is 6.41. The first kappa shape index (κ1) is 16.8. The number of rotatable bonds is 4. The number of hydrogen-bond donors (Lipinski definition) is 1. The zero-order chi connectivity index (χ0) is 18.3. The Morgan fingerprint density at radius 1 is 1.23 bits per heavy atom. The molecule has 8 heteroatoms. The van der Waals surface area contributed by atoms with Gasteiger partial charge in [-0.3, -0.25) is 19.3 Å². The van der Waals surface area contributed by atoms with Gasteiger partial charge in [0.1, 0.15) is 5.82 Å². The standard InChI is InChI=1S/C18H16FN3O3S/c19-10-5-6-13-14(9-10)26-18(20-13)21-15(23)7-8-22-16(24)11-3-1-2-4-12(11)17(22)25/h1-2,5-6,9,11-12H,3-4,7-8H2,(H,20,21,23)/t11-,12-/m0/s1. The van der Waals surface area contributed by atoms with E-state index in [9.17, 15) is 18.8 Å². The molecule has 3 amide bonds. The fourth-order valence-corrected chi connectivity index (χ4v) is 4.34. The lowest BCUT2D eigenvalue weighted by atomic mass is 9.85. The van der Waals surface area contributed by atoms with Gasteiger partial charge in [0, 0.05) is 13.0 Å². The summed E-state index contributed by atoms with van der Waals surface area (Å²) in [5.74, 6) is -1.64. The third-order valence-corrected chi connectivity index (χ3v) is 5.69.